The van der Waals surface area contributed by atoms with Crippen LogP contribution in [0.1, 0.15) is 89.9 Å². The van der Waals surface area contributed by atoms with E-state index in [2.05, 4.69) is 39.4 Å². The number of fused-ring (bicyclic) bond motifs is 1. The Balaban J connectivity index is 0.756. The summed E-state index contributed by atoms with van der Waals surface area (Å²) in [5, 5.41) is 11.5. The molecule has 1 N–H and O–H groups in total. The first-order chi connectivity index (χ1) is 27.0. The smallest absolute Gasteiger partial charge is 0.417 e. The van der Waals surface area contributed by atoms with E-state index in [0.717, 1.165) is 88.6 Å². The van der Waals surface area contributed by atoms with Crippen LogP contribution < -0.4 is 19.9 Å². The second-order valence-corrected chi connectivity index (χ2v) is 16.0. The van der Waals surface area contributed by atoms with E-state index in [1.165, 1.54) is 17.3 Å². The van der Waals surface area contributed by atoms with Crippen molar-refractivity contribution in [1.29, 1.82) is 5.26 Å². The van der Waals surface area contributed by atoms with Gasteiger partial charge in [0.1, 0.15) is 17.9 Å². The molecule has 1 unspecified atom stereocenters. The third kappa shape index (κ3) is 8.08. The number of carbonyl (C=O) groups is 3. The van der Waals surface area contributed by atoms with Crippen molar-refractivity contribution in [1.82, 2.24) is 15.1 Å². The topological polar surface area (TPSA) is 109 Å². The zero-order valence-corrected chi connectivity index (χ0v) is 31.4. The van der Waals surface area contributed by atoms with E-state index >= 15 is 0 Å². The fourth-order valence-corrected chi connectivity index (χ4v) is 9.25. The second-order valence-electron chi connectivity index (χ2n) is 16.0. The van der Waals surface area contributed by atoms with Gasteiger partial charge < -0.3 is 24.3 Å². The van der Waals surface area contributed by atoms with Gasteiger partial charge in [-0.2, -0.15) is 18.4 Å². The van der Waals surface area contributed by atoms with Crippen molar-refractivity contribution in [3.05, 3.63) is 88.5 Å². The molecule has 5 heterocycles. The van der Waals surface area contributed by atoms with Crippen LogP contribution in [-0.2, 0) is 22.3 Å². The molecule has 5 aliphatic rings. The van der Waals surface area contributed by atoms with Crippen molar-refractivity contribution >= 4 is 29.1 Å². The van der Waals surface area contributed by atoms with E-state index in [1.807, 2.05) is 17.0 Å². The maximum Gasteiger partial charge on any atom is 0.417 e. The van der Waals surface area contributed by atoms with E-state index < -0.39 is 23.7 Å². The van der Waals surface area contributed by atoms with Crippen molar-refractivity contribution < 1.29 is 32.3 Å². The largest absolute Gasteiger partial charge is 0.490 e. The third-order valence-electron chi connectivity index (χ3n) is 12.5. The van der Waals surface area contributed by atoms with Crippen molar-refractivity contribution in [2.24, 2.45) is 5.92 Å². The monoisotopic (exact) mass is 768 g/mol. The molecule has 0 aliphatic carbocycles. The summed E-state index contributed by atoms with van der Waals surface area (Å²) in [4.78, 5) is 45.6. The average molecular weight is 769 g/mol. The lowest BCUT2D eigenvalue weighted by Crippen LogP contribution is -2.52. The van der Waals surface area contributed by atoms with Crippen LogP contribution in [0.25, 0.3) is 0 Å². The number of imide groups is 1. The maximum atomic E-state index is 13.5. The van der Waals surface area contributed by atoms with Crippen LogP contribution in [-0.4, -0.2) is 85.5 Å². The average Bonchev–Trinajstić information content (AvgIpc) is 3.53. The van der Waals surface area contributed by atoms with Gasteiger partial charge in [0.05, 0.1) is 17.2 Å². The highest BCUT2D eigenvalue weighted by molar-refractivity contribution is 6.05. The molecule has 56 heavy (non-hydrogen) atoms. The number of ether oxygens (including phenoxy) is 1. The van der Waals surface area contributed by atoms with E-state index in [0.29, 0.717) is 49.1 Å². The van der Waals surface area contributed by atoms with Gasteiger partial charge in [-0.15, -0.1) is 0 Å². The highest BCUT2D eigenvalue weighted by Gasteiger charge is 2.39. The van der Waals surface area contributed by atoms with Gasteiger partial charge >= 0.3 is 6.18 Å². The Bertz CT molecular complexity index is 1990. The first-order valence-electron chi connectivity index (χ1n) is 19.9. The van der Waals surface area contributed by atoms with Crippen LogP contribution in [0.4, 0.5) is 24.5 Å². The number of anilines is 2. The van der Waals surface area contributed by atoms with Crippen LogP contribution in [0.2, 0.25) is 0 Å². The maximum absolute atomic E-state index is 13.5. The molecule has 4 fully saturated rings. The molecule has 0 aromatic heterocycles. The number of likely N-dealkylation sites (tertiary alicyclic amines) is 1. The lowest BCUT2D eigenvalue weighted by atomic mass is 9.88. The minimum absolute atomic E-state index is 0.110. The predicted octanol–water partition coefficient (Wildman–Crippen LogP) is 6.48. The van der Waals surface area contributed by atoms with Gasteiger partial charge in [0, 0.05) is 75.7 Å². The van der Waals surface area contributed by atoms with Gasteiger partial charge in [0.2, 0.25) is 11.8 Å². The summed E-state index contributed by atoms with van der Waals surface area (Å²) in [5.41, 5.74) is 3.25. The quantitative estimate of drug-likeness (QED) is 0.260. The molecule has 8 rings (SSSR count). The molecule has 3 amide bonds. The number of amides is 3. The number of nitrogens with zero attached hydrogens (tertiary/aromatic N) is 5. The van der Waals surface area contributed by atoms with Gasteiger partial charge in [-0.3, -0.25) is 19.7 Å². The number of piperidine rings is 4. The standard InChI is InChI=1S/C43H47F3N6O4/c44-43(45,46)38-24-34(6-3-31(38)25-47)51-21-13-30(14-22-51)29-1-4-33(5-2-29)50-19-11-28(12-20-50)26-49-17-15-35(16-18-49)56-36-7-8-37-32(23-36)27-52(42(37)55)39-9-10-40(53)48-41(39)54/h1-8,23-24,28,30,35,39H,9-22,26-27H2,(H,48,53,54). The van der Waals surface area contributed by atoms with Crippen LogP contribution in [0.5, 0.6) is 5.75 Å². The Kier molecular flexibility index (Phi) is 10.7. The lowest BCUT2D eigenvalue weighted by Gasteiger charge is -2.38. The number of carbonyl (C=O) groups excluding carboxylic acids is 3. The van der Waals surface area contributed by atoms with Crippen LogP contribution in [0.15, 0.2) is 60.7 Å². The van der Waals surface area contributed by atoms with Crippen LogP contribution in [0.3, 0.4) is 0 Å². The minimum atomic E-state index is -4.56. The Morgan fingerprint density at radius 3 is 2.14 bits per heavy atom. The summed E-state index contributed by atoms with van der Waals surface area (Å²) in [6.07, 6.45) is 2.02. The molecule has 0 saturated carbocycles. The molecule has 0 bridgehead atoms. The molecule has 0 radical (unpaired) electrons. The zero-order chi connectivity index (χ0) is 39.0. The number of halogens is 3. The molecule has 0 spiro atoms. The number of nitrogens with one attached hydrogen (secondary N) is 1. The molecule has 4 saturated heterocycles. The first-order valence-corrected chi connectivity index (χ1v) is 19.9. The van der Waals surface area contributed by atoms with Crippen LogP contribution in [0, 0.1) is 17.2 Å². The fraction of sp³-hybridized carbons (Fsp3) is 0.488. The summed E-state index contributed by atoms with van der Waals surface area (Å²) >= 11 is 0. The molecular formula is C43H47F3N6O4. The SMILES string of the molecule is N#Cc1ccc(N2CCC(c3ccc(N4CCC(CN5CCC(Oc6ccc7c(c6)CN(C6CCC(=O)NC6=O)C7=O)CC5)CC4)cc3)CC2)cc1C(F)(F)F. The Labute approximate surface area is 325 Å². The summed E-state index contributed by atoms with van der Waals surface area (Å²) in [5.74, 6) is 0.877. The van der Waals surface area contributed by atoms with Crippen LogP contribution >= 0.6 is 0 Å². The summed E-state index contributed by atoms with van der Waals surface area (Å²) in [7, 11) is 0. The highest BCUT2D eigenvalue weighted by atomic mass is 19.4. The highest BCUT2D eigenvalue weighted by Crippen LogP contribution is 2.37. The van der Waals surface area contributed by atoms with Gasteiger partial charge in [-0.25, -0.2) is 0 Å². The fourth-order valence-electron chi connectivity index (χ4n) is 9.25. The molecule has 3 aromatic carbocycles. The minimum Gasteiger partial charge on any atom is -0.490 e. The van der Waals surface area contributed by atoms with Crippen molar-refractivity contribution in [3.8, 4) is 11.8 Å². The summed E-state index contributed by atoms with van der Waals surface area (Å²) in [6.45, 7) is 6.78. The molecule has 3 aromatic rings. The molecule has 1 atom stereocenters. The van der Waals surface area contributed by atoms with E-state index in [-0.39, 0.29) is 29.9 Å². The van der Waals surface area contributed by atoms with Gasteiger partial charge in [0.15, 0.2) is 0 Å². The zero-order valence-electron chi connectivity index (χ0n) is 31.4. The predicted molar refractivity (Wildman–Crippen MR) is 204 cm³/mol. The first kappa shape index (κ1) is 37.8. The number of nitriles is 1. The van der Waals surface area contributed by atoms with Crippen molar-refractivity contribution in [2.75, 3.05) is 55.6 Å². The second kappa shape index (κ2) is 15.8. The molecular weight excluding hydrogens is 722 g/mol. The van der Waals surface area contributed by atoms with Gasteiger partial charge in [-0.1, -0.05) is 12.1 Å². The summed E-state index contributed by atoms with van der Waals surface area (Å²) < 4.78 is 46.9. The number of alkyl halides is 3. The van der Waals surface area contributed by atoms with E-state index in [4.69, 9.17) is 10.00 Å². The molecule has 10 nitrogen and oxygen atoms in total. The lowest BCUT2D eigenvalue weighted by molar-refractivity contribution is -0.138. The van der Waals surface area contributed by atoms with Crippen molar-refractivity contribution in [3.63, 3.8) is 0 Å². The number of hydrogen-bond donors (Lipinski definition) is 1. The van der Waals surface area contributed by atoms with E-state index in [1.54, 1.807) is 23.1 Å². The Hall–Kier alpha value is -5.09. The molecule has 5 aliphatic heterocycles. The van der Waals surface area contributed by atoms with Crippen molar-refractivity contribution in [2.45, 2.75) is 82.2 Å². The molecule has 294 valence electrons. The Morgan fingerprint density at radius 2 is 1.46 bits per heavy atom. The summed E-state index contributed by atoms with van der Waals surface area (Å²) in [6, 6.07) is 19.5. The van der Waals surface area contributed by atoms with Gasteiger partial charge in [-0.05, 0) is 116 Å². The molecule has 13 heteroatoms. The number of rotatable bonds is 8. The Morgan fingerprint density at radius 1 is 0.786 bits per heavy atom. The number of benzene rings is 3. The number of hydrogen-bond acceptors (Lipinski definition) is 8. The normalized spacial score (nSPS) is 21.9. The van der Waals surface area contributed by atoms with Gasteiger partial charge in [0.25, 0.3) is 5.91 Å². The van der Waals surface area contributed by atoms with E-state index in [9.17, 15) is 27.6 Å². The third-order valence-corrected chi connectivity index (χ3v) is 12.5.